The van der Waals surface area contributed by atoms with Crippen molar-refractivity contribution >= 4 is 40.1 Å². The summed E-state index contributed by atoms with van der Waals surface area (Å²) >= 11 is 1.28. The Morgan fingerprint density at radius 1 is 1.21 bits per heavy atom. The fourth-order valence-corrected chi connectivity index (χ4v) is 4.29. The monoisotopic (exact) mass is 413 g/mol. The smallest absolute Gasteiger partial charge is 0.242 e. The number of thioether (sulfide) groups is 1. The molecule has 2 amide bonds. The molecule has 2 aromatic rings. The molecule has 0 unspecified atom stereocenters. The van der Waals surface area contributed by atoms with Crippen molar-refractivity contribution in [2.75, 3.05) is 11.9 Å². The predicted octanol–water partition coefficient (Wildman–Crippen LogP) is 4.81. The minimum absolute atomic E-state index is 0.0689. The van der Waals surface area contributed by atoms with Crippen molar-refractivity contribution in [1.82, 2.24) is 4.90 Å². The number of nitrogens with zero attached hydrogens (tertiary/aromatic N) is 2. The molecule has 1 aliphatic heterocycles. The molecule has 0 aromatic heterocycles. The second kappa shape index (κ2) is 9.22. The number of aliphatic imine (C=N–C) groups is 1. The van der Waals surface area contributed by atoms with E-state index < -0.39 is 5.25 Å². The quantitative estimate of drug-likeness (QED) is 0.739. The van der Waals surface area contributed by atoms with Gasteiger partial charge < -0.3 is 5.32 Å². The van der Waals surface area contributed by atoms with Crippen molar-refractivity contribution in [2.45, 2.75) is 38.9 Å². The van der Waals surface area contributed by atoms with Crippen LogP contribution in [0.2, 0.25) is 0 Å². The molecule has 152 valence electrons. The fourth-order valence-electron chi connectivity index (χ4n) is 3.10. The zero-order chi connectivity index (χ0) is 21.0. The zero-order valence-electron chi connectivity index (χ0n) is 16.7. The summed E-state index contributed by atoms with van der Waals surface area (Å²) in [4.78, 5) is 31.5. The number of aryl methyl sites for hydroxylation is 2. The number of amidine groups is 1. The Kier molecular flexibility index (Phi) is 6.69. The first kappa shape index (κ1) is 21.0. The standard InChI is InChI=1S/C22H24FN3O2S/c1-4-11-26-21(28)19(29-22(26)24-17-8-6-16(23)7-9-17)13-20(27)25-18-10-5-14(2)12-15(18)3/h5-10,12,19H,4,11,13H2,1-3H3,(H,25,27)/t19-/m0/s1. The first-order valence-corrected chi connectivity index (χ1v) is 10.4. The van der Waals surface area contributed by atoms with Crippen LogP contribution in [0.25, 0.3) is 0 Å². The van der Waals surface area contributed by atoms with E-state index in [1.807, 2.05) is 39.0 Å². The number of hydrogen-bond acceptors (Lipinski definition) is 4. The van der Waals surface area contributed by atoms with Gasteiger partial charge in [0.05, 0.1) is 5.69 Å². The van der Waals surface area contributed by atoms with Crippen LogP contribution in [0.4, 0.5) is 15.8 Å². The summed E-state index contributed by atoms with van der Waals surface area (Å²) in [7, 11) is 0. The minimum Gasteiger partial charge on any atom is -0.326 e. The molecule has 0 radical (unpaired) electrons. The fraction of sp³-hybridized carbons (Fsp3) is 0.318. The van der Waals surface area contributed by atoms with E-state index in [-0.39, 0.29) is 24.1 Å². The summed E-state index contributed by atoms with van der Waals surface area (Å²) in [5, 5.41) is 2.93. The average Bonchev–Trinajstić information content (AvgIpc) is 2.95. The number of anilines is 1. The molecule has 1 saturated heterocycles. The molecule has 2 aromatic carbocycles. The normalized spacial score (nSPS) is 17.8. The minimum atomic E-state index is -0.522. The Labute approximate surface area is 174 Å². The topological polar surface area (TPSA) is 61.8 Å². The van der Waals surface area contributed by atoms with E-state index in [0.29, 0.717) is 17.4 Å². The Morgan fingerprint density at radius 2 is 1.93 bits per heavy atom. The van der Waals surface area contributed by atoms with Gasteiger partial charge in [0.2, 0.25) is 11.8 Å². The Bertz CT molecular complexity index is 944. The van der Waals surface area contributed by atoms with Gasteiger partial charge in [-0.1, -0.05) is 36.4 Å². The lowest BCUT2D eigenvalue weighted by atomic mass is 10.1. The molecule has 7 heteroatoms. The molecule has 1 heterocycles. The third kappa shape index (κ3) is 5.23. The summed E-state index contributed by atoms with van der Waals surface area (Å²) in [5.74, 6) is -0.661. The van der Waals surface area contributed by atoms with Crippen LogP contribution in [0.3, 0.4) is 0 Å². The lowest BCUT2D eigenvalue weighted by molar-refractivity contribution is -0.128. The second-order valence-corrected chi connectivity index (χ2v) is 8.21. The van der Waals surface area contributed by atoms with Crippen molar-refractivity contribution in [3.05, 3.63) is 59.4 Å². The van der Waals surface area contributed by atoms with Gasteiger partial charge in [-0.05, 0) is 56.2 Å². The highest BCUT2D eigenvalue weighted by Gasteiger charge is 2.38. The maximum atomic E-state index is 13.1. The van der Waals surface area contributed by atoms with Gasteiger partial charge in [-0.2, -0.15) is 0 Å². The Balaban J connectivity index is 1.73. The van der Waals surface area contributed by atoms with Gasteiger partial charge in [0.25, 0.3) is 0 Å². The van der Waals surface area contributed by atoms with E-state index in [9.17, 15) is 14.0 Å². The molecule has 3 rings (SSSR count). The molecule has 1 fully saturated rings. The summed E-state index contributed by atoms with van der Waals surface area (Å²) < 4.78 is 13.1. The van der Waals surface area contributed by atoms with Crippen LogP contribution >= 0.6 is 11.8 Å². The number of halogens is 1. The highest BCUT2D eigenvalue weighted by atomic mass is 32.2. The highest BCUT2D eigenvalue weighted by Crippen LogP contribution is 2.32. The molecular formula is C22H24FN3O2S. The third-order valence-corrected chi connectivity index (χ3v) is 5.72. The zero-order valence-corrected chi connectivity index (χ0v) is 17.6. The number of benzene rings is 2. The van der Waals surface area contributed by atoms with Gasteiger partial charge in [-0.15, -0.1) is 0 Å². The Hall–Kier alpha value is -2.67. The number of nitrogens with one attached hydrogen (secondary N) is 1. The first-order chi connectivity index (χ1) is 13.9. The number of carbonyl (C=O) groups excluding carboxylic acids is 2. The van der Waals surface area contributed by atoms with Crippen molar-refractivity contribution in [3.8, 4) is 0 Å². The molecule has 1 N–H and O–H groups in total. The Morgan fingerprint density at radius 3 is 2.59 bits per heavy atom. The van der Waals surface area contributed by atoms with Crippen molar-refractivity contribution in [3.63, 3.8) is 0 Å². The summed E-state index contributed by atoms with van der Waals surface area (Å²) in [6.07, 6.45) is 0.843. The van der Waals surface area contributed by atoms with Gasteiger partial charge in [-0.25, -0.2) is 9.38 Å². The number of carbonyl (C=O) groups is 2. The van der Waals surface area contributed by atoms with Crippen LogP contribution < -0.4 is 5.32 Å². The maximum absolute atomic E-state index is 13.1. The van der Waals surface area contributed by atoms with E-state index in [4.69, 9.17) is 0 Å². The van der Waals surface area contributed by atoms with Crippen LogP contribution in [-0.4, -0.2) is 33.7 Å². The van der Waals surface area contributed by atoms with Crippen LogP contribution in [0, 0.1) is 19.7 Å². The molecule has 29 heavy (non-hydrogen) atoms. The largest absolute Gasteiger partial charge is 0.326 e. The van der Waals surface area contributed by atoms with Crippen molar-refractivity contribution in [1.29, 1.82) is 0 Å². The summed E-state index contributed by atoms with van der Waals surface area (Å²) in [5.41, 5.74) is 3.43. The van der Waals surface area contributed by atoms with Gasteiger partial charge in [0, 0.05) is 18.7 Å². The SMILES string of the molecule is CCCN1C(=O)[C@H](CC(=O)Nc2ccc(C)cc2C)SC1=Nc1ccc(F)cc1. The summed E-state index contributed by atoms with van der Waals surface area (Å²) in [6, 6.07) is 11.6. The second-order valence-electron chi connectivity index (χ2n) is 7.04. The van der Waals surface area contributed by atoms with Gasteiger partial charge in [0.15, 0.2) is 5.17 Å². The van der Waals surface area contributed by atoms with Crippen LogP contribution in [0.15, 0.2) is 47.5 Å². The van der Waals surface area contributed by atoms with Gasteiger partial charge >= 0.3 is 0 Å². The summed E-state index contributed by atoms with van der Waals surface area (Å²) in [6.45, 7) is 6.44. The number of amides is 2. The number of rotatable bonds is 6. The van der Waals surface area contributed by atoms with Crippen molar-refractivity contribution in [2.24, 2.45) is 4.99 Å². The molecule has 1 atom stereocenters. The van der Waals surface area contributed by atoms with Crippen LogP contribution in [0.5, 0.6) is 0 Å². The molecular weight excluding hydrogens is 389 g/mol. The predicted molar refractivity (Wildman–Crippen MR) is 116 cm³/mol. The van der Waals surface area contributed by atoms with Crippen molar-refractivity contribution < 1.29 is 14.0 Å². The lowest BCUT2D eigenvalue weighted by Crippen LogP contribution is -2.34. The van der Waals surface area contributed by atoms with Gasteiger partial charge in [0.1, 0.15) is 11.1 Å². The molecule has 1 aliphatic rings. The van der Waals surface area contributed by atoms with Crippen LogP contribution in [-0.2, 0) is 9.59 Å². The third-order valence-electron chi connectivity index (χ3n) is 4.55. The molecule has 0 bridgehead atoms. The van der Waals surface area contributed by atoms with E-state index in [2.05, 4.69) is 10.3 Å². The van der Waals surface area contributed by atoms with Crippen LogP contribution in [0.1, 0.15) is 30.9 Å². The average molecular weight is 414 g/mol. The van der Waals surface area contributed by atoms with E-state index in [1.54, 1.807) is 17.0 Å². The van der Waals surface area contributed by atoms with E-state index in [1.165, 1.54) is 23.9 Å². The molecule has 0 aliphatic carbocycles. The lowest BCUT2D eigenvalue weighted by Gasteiger charge is -2.15. The highest BCUT2D eigenvalue weighted by molar-refractivity contribution is 8.15. The van der Waals surface area contributed by atoms with Gasteiger partial charge in [-0.3, -0.25) is 14.5 Å². The van der Waals surface area contributed by atoms with E-state index >= 15 is 0 Å². The molecule has 0 saturated carbocycles. The first-order valence-electron chi connectivity index (χ1n) is 9.56. The van der Waals surface area contributed by atoms with E-state index in [0.717, 1.165) is 23.2 Å². The molecule has 5 nitrogen and oxygen atoms in total. The molecule has 0 spiro atoms. The number of hydrogen-bond donors (Lipinski definition) is 1. The maximum Gasteiger partial charge on any atom is 0.242 e.